The Hall–Kier alpha value is -1.80. The Balaban J connectivity index is 1.26. The number of benzene rings is 1. The normalized spacial score (nSPS) is 41.5. The van der Waals surface area contributed by atoms with E-state index in [-0.39, 0.29) is 46.4 Å². The molecular formula is C29H33NO4S2. The molecule has 3 saturated carbocycles. The molecule has 0 amide bonds. The molecule has 0 bridgehead atoms. The van der Waals surface area contributed by atoms with Gasteiger partial charge in [-0.3, -0.25) is 9.59 Å². The monoisotopic (exact) mass is 523 g/mol. The summed E-state index contributed by atoms with van der Waals surface area (Å²) >= 11 is 2.97. The number of para-hydroxylation sites is 1. The number of carbonyl (C=O) groups is 2. The van der Waals surface area contributed by atoms with Crippen molar-refractivity contribution in [3.8, 4) is 0 Å². The Kier molecular flexibility index (Phi) is 5.69. The fourth-order valence-corrected chi connectivity index (χ4v) is 10.4. The highest BCUT2D eigenvalue weighted by molar-refractivity contribution is 8.01. The zero-order valence-corrected chi connectivity index (χ0v) is 22.6. The van der Waals surface area contributed by atoms with Crippen LogP contribution in [-0.4, -0.2) is 44.2 Å². The summed E-state index contributed by atoms with van der Waals surface area (Å²) in [5, 5.41) is 23.6. The first-order chi connectivity index (χ1) is 17.1. The van der Waals surface area contributed by atoms with E-state index in [0.717, 1.165) is 33.0 Å². The molecule has 2 N–H and O–H groups in total. The van der Waals surface area contributed by atoms with Gasteiger partial charge in [0.15, 0.2) is 15.9 Å². The van der Waals surface area contributed by atoms with Crippen LogP contribution in [0.15, 0.2) is 52.4 Å². The van der Waals surface area contributed by atoms with E-state index >= 15 is 0 Å². The van der Waals surface area contributed by atoms with E-state index in [9.17, 15) is 19.8 Å². The summed E-state index contributed by atoms with van der Waals surface area (Å²) in [5.74, 6) is 0.590. The molecule has 0 radical (unpaired) electrons. The van der Waals surface area contributed by atoms with Crippen molar-refractivity contribution in [2.45, 2.75) is 62.5 Å². The molecule has 0 unspecified atom stereocenters. The summed E-state index contributed by atoms with van der Waals surface area (Å²) in [6.07, 6.45) is 7.26. The molecule has 2 aromatic rings. The average molecular weight is 524 g/mol. The van der Waals surface area contributed by atoms with Crippen molar-refractivity contribution in [3.05, 3.63) is 48.1 Å². The minimum atomic E-state index is -1.45. The standard InChI is InChI=1S/C29H33NO4S2/c1-16-12-18-19-9-11-29(34,24(33)15-35-26-30-21-6-4-5-7-23(21)36-26)28(19,3)14-22(32)25(18)27(2)10-8-17(31)13-20(16)27/h4-8,10,13,16,18-19,22,25,32,34H,9,11-12,14-15H2,1-3H3/t16-,18-,19-,22-,25+,27-,28-,29-/m0/s1. The molecule has 190 valence electrons. The van der Waals surface area contributed by atoms with E-state index in [0.29, 0.717) is 12.8 Å². The lowest BCUT2D eigenvalue weighted by atomic mass is 9.45. The van der Waals surface area contributed by atoms with Crippen molar-refractivity contribution < 1.29 is 19.8 Å². The number of Topliss-reactive ketones (excluding diaryl/α,β-unsaturated/α-hetero) is 1. The SMILES string of the molecule is C[C@H]1C[C@@H]2[C@H]([C@@H](O)C[C@@]3(C)[C@H]2CC[C@]3(O)C(=O)CSc2nc3ccccc3s2)[C@@]2(C)C=CC(=O)C=C12. The van der Waals surface area contributed by atoms with Crippen LogP contribution in [0.4, 0.5) is 0 Å². The van der Waals surface area contributed by atoms with Gasteiger partial charge in [0.05, 0.1) is 22.1 Å². The van der Waals surface area contributed by atoms with Crippen LogP contribution >= 0.6 is 23.1 Å². The third-order valence-corrected chi connectivity index (χ3v) is 12.2. The number of hydrogen-bond donors (Lipinski definition) is 2. The number of aromatic nitrogens is 1. The van der Waals surface area contributed by atoms with Crippen molar-refractivity contribution in [1.29, 1.82) is 0 Å². The van der Waals surface area contributed by atoms with Gasteiger partial charge in [0.1, 0.15) is 5.60 Å². The maximum atomic E-state index is 13.6. The van der Waals surface area contributed by atoms with Gasteiger partial charge in [-0.1, -0.05) is 56.3 Å². The third kappa shape index (κ3) is 3.39. The van der Waals surface area contributed by atoms with Gasteiger partial charge in [-0.05, 0) is 67.7 Å². The molecule has 4 aliphatic carbocycles. The summed E-state index contributed by atoms with van der Waals surface area (Å²) in [7, 11) is 0. The van der Waals surface area contributed by atoms with E-state index in [1.54, 1.807) is 23.5 Å². The minimum Gasteiger partial charge on any atom is -0.393 e. The van der Waals surface area contributed by atoms with Crippen LogP contribution in [0.25, 0.3) is 10.2 Å². The summed E-state index contributed by atoms with van der Waals surface area (Å²) in [6.45, 7) is 6.36. The van der Waals surface area contributed by atoms with Gasteiger partial charge in [0, 0.05) is 16.7 Å². The molecular weight excluding hydrogens is 490 g/mol. The van der Waals surface area contributed by atoms with Gasteiger partial charge in [-0.15, -0.1) is 11.3 Å². The highest BCUT2D eigenvalue weighted by atomic mass is 32.2. The minimum absolute atomic E-state index is 0.0167. The molecule has 0 aliphatic heterocycles. The topological polar surface area (TPSA) is 87.5 Å². The number of nitrogens with zero attached hydrogens (tertiary/aromatic N) is 1. The van der Waals surface area contributed by atoms with E-state index in [1.165, 1.54) is 11.8 Å². The number of ketones is 2. The van der Waals surface area contributed by atoms with Gasteiger partial charge in [-0.2, -0.15) is 0 Å². The summed E-state index contributed by atoms with van der Waals surface area (Å²) < 4.78 is 1.93. The Morgan fingerprint density at radius 1 is 1.28 bits per heavy atom. The zero-order valence-electron chi connectivity index (χ0n) is 20.9. The predicted octanol–water partition coefficient (Wildman–Crippen LogP) is 5.21. The molecule has 3 fully saturated rings. The lowest BCUT2D eigenvalue weighted by Gasteiger charge is -2.60. The molecule has 7 heteroatoms. The Morgan fingerprint density at radius 3 is 2.83 bits per heavy atom. The van der Waals surface area contributed by atoms with Crippen LogP contribution in [0, 0.1) is 34.5 Å². The second-order valence-electron chi connectivity index (χ2n) is 11.8. The molecule has 1 aromatic heterocycles. The van der Waals surface area contributed by atoms with Gasteiger partial charge in [-0.25, -0.2) is 4.98 Å². The second kappa shape index (κ2) is 8.35. The van der Waals surface area contributed by atoms with Crippen molar-refractivity contribution in [1.82, 2.24) is 4.98 Å². The van der Waals surface area contributed by atoms with Crippen LogP contribution < -0.4 is 0 Å². The molecule has 8 atom stereocenters. The quantitative estimate of drug-likeness (QED) is 0.535. The maximum absolute atomic E-state index is 13.6. The first-order valence-corrected chi connectivity index (χ1v) is 14.7. The number of thioether (sulfide) groups is 1. The number of carbonyl (C=O) groups excluding carboxylic acids is 2. The average Bonchev–Trinajstić information content (AvgIpc) is 3.37. The molecule has 36 heavy (non-hydrogen) atoms. The van der Waals surface area contributed by atoms with Gasteiger partial charge < -0.3 is 10.2 Å². The van der Waals surface area contributed by atoms with Crippen LogP contribution in [0.2, 0.25) is 0 Å². The molecule has 1 heterocycles. The fraction of sp³-hybridized carbons (Fsp3) is 0.552. The lowest BCUT2D eigenvalue weighted by molar-refractivity contribution is -0.176. The van der Waals surface area contributed by atoms with Crippen molar-refractivity contribution >= 4 is 44.9 Å². The summed E-state index contributed by atoms with van der Waals surface area (Å²) in [6, 6.07) is 7.93. The van der Waals surface area contributed by atoms with E-state index in [2.05, 4.69) is 18.8 Å². The number of thiazole rings is 1. The van der Waals surface area contributed by atoms with Gasteiger partial charge >= 0.3 is 0 Å². The van der Waals surface area contributed by atoms with E-state index < -0.39 is 17.1 Å². The Labute approximate surface area is 220 Å². The number of aliphatic hydroxyl groups is 2. The van der Waals surface area contributed by atoms with Crippen LogP contribution in [0.1, 0.15) is 46.5 Å². The van der Waals surface area contributed by atoms with Crippen molar-refractivity contribution in [3.63, 3.8) is 0 Å². The first kappa shape index (κ1) is 24.5. The number of fused-ring (bicyclic) bond motifs is 6. The van der Waals surface area contributed by atoms with E-state index in [1.807, 2.05) is 37.3 Å². The first-order valence-electron chi connectivity index (χ1n) is 12.9. The zero-order chi connectivity index (χ0) is 25.5. The lowest BCUT2D eigenvalue weighted by Crippen LogP contribution is -2.62. The van der Waals surface area contributed by atoms with Crippen molar-refractivity contribution in [2.75, 3.05) is 5.75 Å². The molecule has 0 spiro atoms. The largest absolute Gasteiger partial charge is 0.393 e. The van der Waals surface area contributed by atoms with Gasteiger partial charge in [0.25, 0.3) is 0 Å². The van der Waals surface area contributed by atoms with Gasteiger partial charge in [0.2, 0.25) is 0 Å². The highest BCUT2D eigenvalue weighted by Gasteiger charge is 2.68. The number of hydrogen-bond acceptors (Lipinski definition) is 7. The maximum Gasteiger partial charge on any atom is 0.178 e. The molecule has 1 aromatic carbocycles. The van der Waals surface area contributed by atoms with E-state index in [4.69, 9.17) is 0 Å². The number of rotatable bonds is 4. The molecule has 0 saturated heterocycles. The Bertz CT molecular complexity index is 1280. The predicted molar refractivity (Wildman–Crippen MR) is 143 cm³/mol. The van der Waals surface area contributed by atoms with Crippen LogP contribution in [0.5, 0.6) is 0 Å². The molecule has 4 aliphatic rings. The molecule has 6 rings (SSSR count). The number of allylic oxidation sites excluding steroid dienone is 4. The summed E-state index contributed by atoms with van der Waals surface area (Å²) in [4.78, 5) is 30.4. The Morgan fingerprint density at radius 2 is 2.06 bits per heavy atom. The third-order valence-electron chi connectivity index (χ3n) is 10.0. The second-order valence-corrected chi connectivity index (χ2v) is 14.1. The molecule has 5 nitrogen and oxygen atoms in total. The summed E-state index contributed by atoms with van der Waals surface area (Å²) in [5.41, 5.74) is -0.451. The highest BCUT2D eigenvalue weighted by Crippen LogP contribution is 2.67. The van der Waals surface area contributed by atoms with Crippen molar-refractivity contribution in [2.24, 2.45) is 34.5 Å². The number of aliphatic hydroxyl groups excluding tert-OH is 1. The van der Waals surface area contributed by atoms with Crippen LogP contribution in [0.3, 0.4) is 0 Å². The fourth-order valence-electron chi connectivity index (χ4n) is 8.37. The van der Waals surface area contributed by atoms with Crippen LogP contribution in [-0.2, 0) is 9.59 Å². The smallest absolute Gasteiger partial charge is 0.178 e.